The number of nitrogens with one attached hydrogen (secondary N) is 1. The van der Waals surface area contributed by atoms with Crippen LogP contribution in [0, 0.1) is 0 Å². The van der Waals surface area contributed by atoms with Gasteiger partial charge in [-0.3, -0.25) is 4.79 Å². The second kappa shape index (κ2) is 9.75. The predicted molar refractivity (Wildman–Crippen MR) is 110 cm³/mol. The lowest BCUT2D eigenvalue weighted by molar-refractivity contribution is 0.0950. The molecule has 2 heterocycles. The molecule has 0 spiro atoms. The number of hydrogen-bond donors (Lipinski definition) is 1. The maximum Gasteiger partial charge on any atom is 0.251 e. The van der Waals surface area contributed by atoms with Crippen LogP contribution in [0.3, 0.4) is 0 Å². The number of morpholine rings is 1. The third kappa shape index (κ3) is 4.74. The van der Waals surface area contributed by atoms with Gasteiger partial charge in [-0.15, -0.1) is 0 Å². The molecule has 2 aromatic rings. The molecule has 0 bridgehead atoms. The number of carbonyl (C=O) groups excluding carboxylic acids is 1. The van der Waals surface area contributed by atoms with Gasteiger partial charge in [0.15, 0.2) is 11.5 Å². The number of hydrogen-bond acceptors (Lipinski definition) is 6. The Kier molecular flexibility index (Phi) is 7.11. The number of nitrogens with zero attached hydrogens (tertiary/aromatic N) is 2. The van der Waals surface area contributed by atoms with Crippen LogP contribution in [0.15, 0.2) is 34.9 Å². The molecule has 7 nitrogen and oxygen atoms in total. The normalized spacial score (nSPS) is 13.9. The number of pyridine rings is 1. The molecule has 1 fully saturated rings. The second-order valence-corrected chi connectivity index (χ2v) is 7.05. The summed E-state index contributed by atoms with van der Waals surface area (Å²) in [6.45, 7) is 5.73. The minimum Gasteiger partial charge on any atom is -0.493 e. The number of carbonyl (C=O) groups is 1. The zero-order valence-electron chi connectivity index (χ0n) is 16.0. The number of halogens is 1. The molecule has 8 heteroatoms. The minimum absolute atomic E-state index is 0.196. The van der Waals surface area contributed by atoms with Crippen molar-refractivity contribution in [2.24, 2.45) is 0 Å². The van der Waals surface area contributed by atoms with E-state index in [1.165, 1.54) is 0 Å². The van der Waals surface area contributed by atoms with E-state index in [4.69, 9.17) is 14.2 Å². The highest BCUT2D eigenvalue weighted by Crippen LogP contribution is 2.36. The quantitative estimate of drug-likeness (QED) is 0.700. The van der Waals surface area contributed by atoms with Gasteiger partial charge >= 0.3 is 0 Å². The van der Waals surface area contributed by atoms with Gasteiger partial charge in [0, 0.05) is 37.0 Å². The Morgan fingerprint density at radius 3 is 2.86 bits per heavy atom. The smallest absolute Gasteiger partial charge is 0.251 e. The van der Waals surface area contributed by atoms with Gasteiger partial charge in [0.1, 0.15) is 5.82 Å². The van der Waals surface area contributed by atoms with Crippen molar-refractivity contribution in [2.45, 2.75) is 13.5 Å². The summed E-state index contributed by atoms with van der Waals surface area (Å²) in [4.78, 5) is 19.4. The molecule has 0 unspecified atom stereocenters. The summed E-state index contributed by atoms with van der Waals surface area (Å²) in [6, 6.07) is 7.26. The Morgan fingerprint density at radius 2 is 2.14 bits per heavy atom. The third-order valence-electron chi connectivity index (χ3n) is 4.40. The Morgan fingerprint density at radius 1 is 1.36 bits per heavy atom. The van der Waals surface area contributed by atoms with E-state index in [0.29, 0.717) is 47.9 Å². The zero-order chi connectivity index (χ0) is 19.9. The Labute approximate surface area is 173 Å². The Bertz CT molecular complexity index is 825. The van der Waals surface area contributed by atoms with Crippen LogP contribution in [-0.4, -0.2) is 50.9 Å². The van der Waals surface area contributed by atoms with Crippen molar-refractivity contribution >= 4 is 27.7 Å². The van der Waals surface area contributed by atoms with Crippen molar-refractivity contribution < 1.29 is 19.0 Å². The van der Waals surface area contributed by atoms with E-state index in [0.717, 1.165) is 24.5 Å². The number of ether oxygens (including phenoxy) is 3. The fourth-order valence-electron chi connectivity index (χ4n) is 3.04. The molecule has 0 saturated carbocycles. The van der Waals surface area contributed by atoms with E-state index in [2.05, 4.69) is 31.1 Å². The van der Waals surface area contributed by atoms with Crippen LogP contribution in [0.2, 0.25) is 0 Å². The number of benzene rings is 1. The van der Waals surface area contributed by atoms with E-state index in [1.807, 2.05) is 19.1 Å². The molecule has 1 aromatic heterocycles. The molecule has 28 heavy (non-hydrogen) atoms. The fourth-order valence-corrected chi connectivity index (χ4v) is 3.60. The van der Waals surface area contributed by atoms with Crippen LogP contribution in [0.4, 0.5) is 5.82 Å². The SMILES string of the molecule is CCOc1c(Br)cc(C(=O)NCc2cccnc2N2CCOCC2)cc1OC. The monoisotopic (exact) mass is 449 g/mol. The molecule has 1 amide bonds. The molecule has 1 N–H and O–H groups in total. The van der Waals surface area contributed by atoms with E-state index < -0.39 is 0 Å². The molecule has 1 aliphatic heterocycles. The van der Waals surface area contributed by atoms with Crippen molar-refractivity contribution in [3.05, 3.63) is 46.1 Å². The largest absolute Gasteiger partial charge is 0.493 e. The number of methoxy groups -OCH3 is 1. The average molecular weight is 450 g/mol. The van der Waals surface area contributed by atoms with E-state index >= 15 is 0 Å². The van der Waals surface area contributed by atoms with Crippen LogP contribution in [-0.2, 0) is 11.3 Å². The zero-order valence-corrected chi connectivity index (χ0v) is 17.6. The van der Waals surface area contributed by atoms with E-state index in [-0.39, 0.29) is 5.91 Å². The lowest BCUT2D eigenvalue weighted by atomic mass is 10.1. The predicted octanol–water partition coefficient (Wildman–Crippen LogP) is 3.02. The van der Waals surface area contributed by atoms with Gasteiger partial charge in [-0.25, -0.2) is 4.98 Å². The minimum atomic E-state index is -0.196. The first-order valence-electron chi connectivity index (χ1n) is 9.19. The number of amides is 1. The second-order valence-electron chi connectivity index (χ2n) is 6.19. The first kappa shape index (κ1) is 20.4. The molecule has 3 rings (SSSR count). The molecule has 150 valence electrons. The van der Waals surface area contributed by atoms with Crippen LogP contribution < -0.4 is 19.7 Å². The number of anilines is 1. The molecule has 0 aliphatic carbocycles. The molecule has 0 atom stereocenters. The highest BCUT2D eigenvalue weighted by molar-refractivity contribution is 9.10. The Hall–Kier alpha value is -2.32. The first-order chi connectivity index (χ1) is 13.6. The van der Waals surface area contributed by atoms with Crippen molar-refractivity contribution in [1.82, 2.24) is 10.3 Å². The van der Waals surface area contributed by atoms with Gasteiger partial charge in [-0.1, -0.05) is 6.07 Å². The fraction of sp³-hybridized carbons (Fsp3) is 0.400. The molecule has 0 radical (unpaired) electrons. The molecular weight excluding hydrogens is 426 g/mol. The van der Waals surface area contributed by atoms with Gasteiger partial charge in [0.05, 0.1) is 31.4 Å². The van der Waals surface area contributed by atoms with Crippen LogP contribution in [0.5, 0.6) is 11.5 Å². The van der Waals surface area contributed by atoms with Gasteiger partial charge in [-0.05, 0) is 41.1 Å². The maximum atomic E-state index is 12.7. The van der Waals surface area contributed by atoms with Crippen LogP contribution in [0.25, 0.3) is 0 Å². The summed E-state index contributed by atoms with van der Waals surface area (Å²) in [6.07, 6.45) is 1.77. The number of aromatic nitrogens is 1. The van der Waals surface area contributed by atoms with E-state index in [9.17, 15) is 4.79 Å². The van der Waals surface area contributed by atoms with Gasteiger partial charge in [-0.2, -0.15) is 0 Å². The maximum absolute atomic E-state index is 12.7. The summed E-state index contributed by atoms with van der Waals surface area (Å²) < 4.78 is 17.0. The standard InChI is InChI=1S/C20H24BrN3O4/c1-3-28-18-16(21)11-15(12-17(18)26-2)20(25)23-13-14-5-4-6-22-19(14)24-7-9-27-10-8-24/h4-6,11-12H,3,7-10,13H2,1-2H3,(H,23,25). The molecule has 1 aromatic carbocycles. The topological polar surface area (TPSA) is 72.9 Å². The highest BCUT2D eigenvalue weighted by Gasteiger charge is 2.18. The third-order valence-corrected chi connectivity index (χ3v) is 4.99. The number of rotatable bonds is 7. The summed E-state index contributed by atoms with van der Waals surface area (Å²) in [7, 11) is 1.55. The van der Waals surface area contributed by atoms with Gasteiger partial charge < -0.3 is 24.4 Å². The average Bonchev–Trinajstić information content (AvgIpc) is 2.74. The molecule has 1 saturated heterocycles. The summed E-state index contributed by atoms with van der Waals surface area (Å²) in [5.41, 5.74) is 1.46. The van der Waals surface area contributed by atoms with E-state index in [1.54, 1.807) is 25.4 Å². The van der Waals surface area contributed by atoms with Gasteiger partial charge in [0.2, 0.25) is 0 Å². The van der Waals surface area contributed by atoms with Crippen molar-refractivity contribution in [1.29, 1.82) is 0 Å². The van der Waals surface area contributed by atoms with Crippen molar-refractivity contribution in [3.8, 4) is 11.5 Å². The summed E-state index contributed by atoms with van der Waals surface area (Å²) in [5, 5.41) is 2.97. The summed E-state index contributed by atoms with van der Waals surface area (Å²) >= 11 is 3.45. The highest BCUT2D eigenvalue weighted by atomic mass is 79.9. The lowest BCUT2D eigenvalue weighted by Crippen LogP contribution is -2.37. The van der Waals surface area contributed by atoms with Gasteiger partial charge in [0.25, 0.3) is 5.91 Å². The van der Waals surface area contributed by atoms with Crippen LogP contribution in [0.1, 0.15) is 22.8 Å². The molecule has 1 aliphatic rings. The van der Waals surface area contributed by atoms with Crippen molar-refractivity contribution in [3.63, 3.8) is 0 Å². The first-order valence-corrected chi connectivity index (χ1v) is 9.98. The molecular formula is C20H24BrN3O4. The van der Waals surface area contributed by atoms with Crippen molar-refractivity contribution in [2.75, 3.05) is 44.9 Å². The summed E-state index contributed by atoms with van der Waals surface area (Å²) in [5.74, 6) is 1.79. The lowest BCUT2D eigenvalue weighted by Gasteiger charge is -2.29. The Balaban J connectivity index is 1.73. The van der Waals surface area contributed by atoms with Crippen LogP contribution >= 0.6 is 15.9 Å².